The van der Waals surface area contributed by atoms with Gasteiger partial charge in [-0.25, -0.2) is 4.39 Å². The number of aliphatic hydroxyl groups is 1. The van der Waals surface area contributed by atoms with E-state index in [2.05, 4.69) is 22.0 Å². The smallest absolute Gasteiger partial charge is 0.124 e. The third-order valence-electron chi connectivity index (χ3n) is 4.30. The minimum atomic E-state index is -0.868. The summed E-state index contributed by atoms with van der Waals surface area (Å²) >= 11 is 3.41. The first kappa shape index (κ1) is 14.7. The number of hydrogen-bond acceptors (Lipinski definition) is 1. The van der Waals surface area contributed by atoms with E-state index in [0.717, 1.165) is 41.3 Å². The molecule has 0 saturated heterocycles. The van der Waals surface area contributed by atoms with Crippen molar-refractivity contribution in [2.75, 3.05) is 0 Å². The molecule has 1 atom stereocenters. The Morgan fingerprint density at radius 3 is 2.76 bits per heavy atom. The van der Waals surface area contributed by atoms with Crippen molar-refractivity contribution in [3.63, 3.8) is 0 Å². The first-order chi connectivity index (χ1) is 10.1. The molecule has 0 aromatic heterocycles. The summed E-state index contributed by atoms with van der Waals surface area (Å²) < 4.78 is 14.0. The van der Waals surface area contributed by atoms with Crippen LogP contribution in [0.4, 0.5) is 4.39 Å². The minimum Gasteiger partial charge on any atom is -0.385 e. The van der Waals surface area contributed by atoms with Crippen molar-refractivity contribution < 1.29 is 9.50 Å². The fourth-order valence-corrected chi connectivity index (χ4v) is 3.71. The Bertz CT molecular complexity index is 655. The van der Waals surface area contributed by atoms with Gasteiger partial charge in [-0.1, -0.05) is 46.3 Å². The van der Waals surface area contributed by atoms with E-state index in [1.54, 1.807) is 6.07 Å². The lowest BCUT2D eigenvalue weighted by Crippen LogP contribution is -2.29. The molecular formula is C18H18BrFO. The molecule has 3 rings (SSSR count). The second kappa shape index (κ2) is 5.90. The van der Waals surface area contributed by atoms with E-state index in [-0.39, 0.29) is 5.82 Å². The highest BCUT2D eigenvalue weighted by Gasteiger charge is 2.33. The third kappa shape index (κ3) is 3.04. The van der Waals surface area contributed by atoms with Crippen LogP contribution in [0.5, 0.6) is 0 Å². The van der Waals surface area contributed by atoms with Gasteiger partial charge in [0.05, 0.1) is 5.60 Å². The van der Waals surface area contributed by atoms with Crippen molar-refractivity contribution >= 4 is 15.9 Å². The largest absolute Gasteiger partial charge is 0.385 e. The highest BCUT2D eigenvalue weighted by Crippen LogP contribution is 2.38. The van der Waals surface area contributed by atoms with Crippen molar-refractivity contribution in [1.82, 2.24) is 0 Å². The maximum absolute atomic E-state index is 13.2. The van der Waals surface area contributed by atoms with Crippen LogP contribution in [0.3, 0.4) is 0 Å². The fourth-order valence-electron chi connectivity index (χ4n) is 3.22. The van der Waals surface area contributed by atoms with Gasteiger partial charge in [0.1, 0.15) is 5.82 Å². The summed E-state index contributed by atoms with van der Waals surface area (Å²) in [6, 6.07) is 12.8. The van der Waals surface area contributed by atoms with Gasteiger partial charge >= 0.3 is 0 Å². The lowest BCUT2D eigenvalue weighted by atomic mass is 9.83. The molecule has 0 spiro atoms. The summed E-state index contributed by atoms with van der Waals surface area (Å²) in [6.45, 7) is 0. The van der Waals surface area contributed by atoms with Gasteiger partial charge in [0.25, 0.3) is 0 Å². The molecule has 0 aliphatic heterocycles. The van der Waals surface area contributed by atoms with Crippen LogP contribution < -0.4 is 0 Å². The number of halogens is 2. The number of benzene rings is 2. The number of hydrogen-bond donors (Lipinski definition) is 1. The fraction of sp³-hybridized carbons (Fsp3) is 0.333. The molecule has 1 aliphatic rings. The molecule has 0 fully saturated rings. The molecule has 21 heavy (non-hydrogen) atoms. The summed E-state index contributed by atoms with van der Waals surface area (Å²) in [5.41, 5.74) is 2.33. The van der Waals surface area contributed by atoms with Crippen LogP contribution in [0.1, 0.15) is 36.0 Å². The van der Waals surface area contributed by atoms with Gasteiger partial charge < -0.3 is 5.11 Å². The van der Waals surface area contributed by atoms with Gasteiger partial charge in [-0.3, -0.25) is 0 Å². The molecule has 1 nitrogen and oxygen atoms in total. The molecule has 1 unspecified atom stereocenters. The number of rotatable bonds is 2. The standard InChI is InChI=1S/C18H18BrFO/c19-17-11-15(20)9-8-14(17)12-18(21)10-4-3-6-13-5-1-2-7-16(13)18/h1-2,5,7-9,11,21H,3-4,6,10,12H2. The predicted octanol–water partition coefficient (Wildman–Crippen LogP) is 4.74. The van der Waals surface area contributed by atoms with E-state index in [4.69, 9.17) is 0 Å². The highest BCUT2D eigenvalue weighted by molar-refractivity contribution is 9.10. The van der Waals surface area contributed by atoms with Crippen molar-refractivity contribution in [1.29, 1.82) is 0 Å². The normalized spacial score (nSPS) is 21.7. The van der Waals surface area contributed by atoms with Crippen LogP contribution in [-0.2, 0) is 18.4 Å². The Morgan fingerprint density at radius 2 is 1.95 bits per heavy atom. The topological polar surface area (TPSA) is 20.2 Å². The predicted molar refractivity (Wildman–Crippen MR) is 85.7 cm³/mol. The van der Waals surface area contributed by atoms with Crippen LogP contribution in [0, 0.1) is 5.82 Å². The Balaban J connectivity index is 2.00. The monoisotopic (exact) mass is 348 g/mol. The number of aryl methyl sites for hydroxylation is 1. The van der Waals surface area contributed by atoms with Crippen LogP contribution in [0.25, 0.3) is 0 Å². The van der Waals surface area contributed by atoms with Crippen molar-refractivity contribution in [2.24, 2.45) is 0 Å². The summed E-state index contributed by atoms with van der Waals surface area (Å²) in [4.78, 5) is 0. The third-order valence-corrected chi connectivity index (χ3v) is 5.04. The lowest BCUT2D eigenvalue weighted by molar-refractivity contribution is 0.0270. The average molecular weight is 349 g/mol. The first-order valence-corrected chi connectivity index (χ1v) is 8.12. The summed E-state index contributed by atoms with van der Waals surface area (Å²) in [6.07, 6.45) is 4.37. The van der Waals surface area contributed by atoms with Crippen molar-refractivity contribution in [3.8, 4) is 0 Å². The van der Waals surface area contributed by atoms with Gasteiger partial charge in [0.15, 0.2) is 0 Å². The molecule has 3 heteroatoms. The Hall–Kier alpha value is -1.19. The van der Waals surface area contributed by atoms with Gasteiger partial charge in [0, 0.05) is 10.9 Å². The molecule has 0 heterocycles. The van der Waals surface area contributed by atoms with Crippen LogP contribution in [0.15, 0.2) is 46.9 Å². The van der Waals surface area contributed by atoms with Crippen LogP contribution in [0.2, 0.25) is 0 Å². The van der Waals surface area contributed by atoms with E-state index in [9.17, 15) is 9.50 Å². The van der Waals surface area contributed by atoms with Gasteiger partial charge in [-0.15, -0.1) is 0 Å². The molecule has 0 bridgehead atoms. The minimum absolute atomic E-state index is 0.265. The second-order valence-corrected chi connectivity index (χ2v) is 6.66. The maximum atomic E-state index is 13.2. The van der Waals surface area contributed by atoms with Gasteiger partial charge in [-0.2, -0.15) is 0 Å². The second-order valence-electron chi connectivity index (χ2n) is 5.81. The summed E-state index contributed by atoms with van der Waals surface area (Å²) in [5.74, 6) is -0.265. The Labute approximate surface area is 132 Å². The zero-order valence-corrected chi connectivity index (χ0v) is 13.4. The van der Waals surface area contributed by atoms with Crippen molar-refractivity contribution in [2.45, 2.75) is 37.7 Å². The molecule has 2 aromatic carbocycles. The molecule has 2 aromatic rings. The molecular weight excluding hydrogens is 331 g/mol. The molecule has 1 aliphatic carbocycles. The maximum Gasteiger partial charge on any atom is 0.124 e. The first-order valence-electron chi connectivity index (χ1n) is 7.33. The van der Waals surface area contributed by atoms with E-state index in [1.165, 1.54) is 17.7 Å². The zero-order valence-electron chi connectivity index (χ0n) is 11.8. The highest BCUT2D eigenvalue weighted by atomic mass is 79.9. The molecule has 110 valence electrons. The quantitative estimate of drug-likeness (QED) is 0.776. The SMILES string of the molecule is OC1(Cc2ccc(F)cc2Br)CCCCc2ccccc21. The van der Waals surface area contributed by atoms with Gasteiger partial charge in [0.2, 0.25) is 0 Å². The van der Waals surface area contributed by atoms with Crippen LogP contribution >= 0.6 is 15.9 Å². The zero-order chi connectivity index (χ0) is 14.9. The van der Waals surface area contributed by atoms with E-state index in [1.807, 2.05) is 18.2 Å². The van der Waals surface area contributed by atoms with Crippen molar-refractivity contribution in [3.05, 3.63) is 69.4 Å². The number of fused-ring (bicyclic) bond motifs is 1. The van der Waals surface area contributed by atoms with E-state index < -0.39 is 5.60 Å². The molecule has 1 N–H and O–H groups in total. The average Bonchev–Trinajstić information content (AvgIpc) is 2.63. The van der Waals surface area contributed by atoms with Crippen LogP contribution in [-0.4, -0.2) is 5.11 Å². The molecule has 0 radical (unpaired) electrons. The lowest BCUT2D eigenvalue weighted by Gasteiger charge is -2.29. The summed E-state index contributed by atoms with van der Waals surface area (Å²) in [5, 5.41) is 11.2. The van der Waals surface area contributed by atoms with E-state index >= 15 is 0 Å². The van der Waals surface area contributed by atoms with E-state index in [0.29, 0.717) is 6.42 Å². The molecule has 0 amide bonds. The Morgan fingerprint density at radius 1 is 1.14 bits per heavy atom. The Kier molecular flexibility index (Phi) is 4.14. The summed E-state index contributed by atoms with van der Waals surface area (Å²) in [7, 11) is 0. The van der Waals surface area contributed by atoms with Gasteiger partial charge in [-0.05, 0) is 54.5 Å². The molecule has 0 saturated carbocycles.